The zero-order chi connectivity index (χ0) is 16.5. The van der Waals surface area contributed by atoms with Crippen LogP contribution in [0.2, 0.25) is 0 Å². The van der Waals surface area contributed by atoms with Crippen LogP contribution >= 0.6 is 0 Å². The minimum Gasteiger partial charge on any atom is -0.459 e. The zero-order valence-corrected chi connectivity index (χ0v) is 13.4. The molecule has 1 N–H and O–H groups in total. The summed E-state index contributed by atoms with van der Waals surface area (Å²) in [6.45, 7) is 2.47. The number of carbonyl (C=O) groups excluding carboxylic acids is 1. The van der Waals surface area contributed by atoms with Crippen LogP contribution in [0.4, 0.5) is 0 Å². The van der Waals surface area contributed by atoms with Crippen LogP contribution in [-0.2, 0) is 17.6 Å². The van der Waals surface area contributed by atoms with Gasteiger partial charge in [-0.3, -0.25) is 4.79 Å². The average molecular weight is 322 g/mol. The van der Waals surface area contributed by atoms with Gasteiger partial charge in [0.05, 0.1) is 18.4 Å². The first kappa shape index (κ1) is 14.8. The molecule has 5 nitrogen and oxygen atoms in total. The number of aromatic nitrogens is 1. The molecule has 0 spiro atoms. The Kier molecular flexibility index (Phi) is 3.69. The van der Waals surface area contributed by atoms with Crippen LogP contribution in [0, 0.1) is 6.92 Å². The van der Waals surface area contributed by atoms with Crippen LogP contribution < -0.4 is 5.32 Å². The maximum absolute atomic E-state index is 12.2. The minimum atomic E-state index is -0.0400. The van der Waals surface area contributed by atoms with E-state index in [9.17, 15) is 4.79 Å². The van der Waals surface area contributed by atoms with Gasteiger partial charge in [0, 0.05) is 12.5 Å². The Labute approximate surface area is 139 Å². The lowest BCUT2D eigenvalue weighted by molar-refractivity contribution is -0.120. The molecular formula is C19H18N2O3. The largest absolute Gasteiger partial charge is 0.459 e. The fourth-order valence-electron chi connectivity index (χ4n) is 3.09. The molecule has 2 heterocycles. The summed E-state index contributed by atoms with van der Waals surface area (Å²) in [4.78, 5) is 16.6. The van der Waals surface area contributed by atoms with Gasteiger partial charge in [-0.15, -0.1) is 0 Å². The van der Waals surface area contributed by atoms with Crippen LogP contribution in [0.3, 0.4) is 0 Å². The van der Waals surface area contributed by atoms with E-state index >= 15 is 0 Å². The van der Waals surface area contributed by atoms with E-state index in [1.54, 1.807) is 18.4 Å². The second-order valence-corrected chi connectivity index (χ2v) is 6.08. The summed E-state index contributed by atoms with van der Waals surface area (Å²) in [5.41, 5.74) is 3.37. The first-order valence-corrected chi connectivity index (χ1v) is 8.05. The van der Waals surface area contributed by atoms with Gasteiger partial charge < -0.3 is 14.2 Å². The number of furan rings is 1. The van der Waals surface area contributed by atoms with Crippen molar-refractivity contribution in [3.8, 4) is 11.7 Å². The monoisotopic (exact) mass is 322 g/mol. The van der Waals surface area contributed by atoms with E-state index in [2.05, 4.69) is 28.5 Å². The van der Waals surface area contributed by atoms with Gasteiger partial charge in [0.1, 0.15) is 5.76 Å². The normalized spacial score (nSPS) is 15.6. The van der Waals surface area contributed by atoms with Gasteiger partial charge in [-0.1, -0.05) is 24.3 Å². The quantitative estimate of drug-likeness (QED) is 0.783. The highest BCUT2D eigenvalue weighted by atomic mass is 16.4. The zero-order valence-electron chi connectivity index (χ0n) is 13.4. The number of carbonyl (C=O) groups is 1. The Hall–Kier alpha value is -2.82. The molecule has 4 rings (SSSR count). The molecule has 0 unspecified atom stereocenters. The molecule has 0 fully saturated rings. The summed E-state index contributed by atoms with van der Waals surface area (Å²) in [5, 5.41) is 3.00. The van der Waals surface area contributed by atoms with E-state index in [0.29, 0.717) is 35.6 Å². The predicted molar refractivity (Wildman–Crippen MR) is 88.5 cm³/mol. The van der Waals surface area contributed by atoms with Gasteiger partial charge in [0.2, 0.25) is 5.91 Å². The van der Waals surface area contributed by atoms with E-state index in [1.165, 1.54) is 11.1 Å². The molecule has 24 heavy (non-hydrogen) atoms. The van der Waals surface area contributed by atoms with Crippen LogP contribution in [0.25, 0.3) is 11.7 Å². The molecule has 1 atom stereocenters. The molecule has 1 amide bonds. The van der Waals surface area contributed by atoms with E-state index < -0.39 is 0 Å². The fraction of sp³-hybridized carbons (Fsp3) is 0.263. The smallest absolute Gasteiger partial charge is 0.263 e. The number of hydrogen-bond acceptors (Lipinski definition) is 4. The number of nitrogens with one attached hydrogen (secondary N) is 1. The van der Waals surface area contributed by atoms with Crippen molar-refractivity contribution in [2.24, 2.45) is 0 Å². The lowest BCUT2D eigenvalue weighted by atomic mass is 9.77. The Morgan fingerprint density at radius 3 is 2.96 bits per heavy atom. The van der Waals surface area contributed by atoms with Gasteiger partial charge in [-0.05, 0) is 36.6 Å². The maximum atomic E-state index is 12.2. The van der Waals surface area contributed by atoms with Crippen molar-refractivity contribution in [1.82, 2.24) is 10.3 Å². The molecule has 2 aromatic heterocycles. The van der Waals surface area contributed by atoms with Crippen molar-refractivity contribution >= 4 is 5.91 Å². The van der Waals surface area contributed by atoms with E-state index in [1.807, 2.05) is 13.0 Å². The Morgan fingerprint density at radius 1 is 1.29 bits per heavy atom. The molecule has 0 saturated heterocycles. The number of rotatable bonds is 5. The molecular weight excluding hydrogens is 304 g/mol. The van der Waals surface area contributed by atoms with E-state index in [4.69, 9.17) is 8.83 Å². The molecule has 122 valence electrons. The third-order valence-corrected chi connectivity index (χ3v) is 4.46. The maximum Gasteiger partial charge on any atom is 0.263 e. The Morgan fingerprint density at radius 2 is 2.17 bits per heavy atom. The average Bonchev–Trinajstić information content (AvgIpc) is 3.19. The first-order valence-electron chi connectivity index (χ1n) is 8.05. The van der Waals surface area contributed by atoms with Gasteiger partial charge >= 0.3 is 0 Å². The molecule has 5 heteroatoms. The summed E-state index contributed by atoms with van der Waals surface area (Å²) in [6, 6.07) is 11.9. The highest BCUT2D eigenvalue weighted by molar-refractivity contribution is 5.78. The van der Waals surface area contributed by atoms with Crippen LogP contribution in [0.15, 0.2) is 51.5 Å². The molecule has 3 aromatic rings. The fourth-order valence-corrected chi connectivity index (χ4v) is 3.09. The number of aryl methyl sites for hydroxylation is 1. The molecule has 0 radical (unpaired) electrons. The number of amides is 1. The Bertz CT molecular complexity index is 865. The molecule has 0 bridgehead atoms. The lowest BCUT2D eigenvalue weighted by Crippen LogP contribution is -2.34. The van der Waals surface area contributed by atoms with Crippen LogP contribution in [-0.4, -0.2) is 17.4 Å². The SMILES string of the molecule is Cc1oc(-c2ccco2)nc1CC(=O)NC[C@@H]1Cc2ccccc21. The third-order valence-electron chi connectivity index (χ3n) is 4.46. The third kappa shape index (κ3) is 2.73. The predicted octanol–water partition coefficient (Wildman–Crippen LogP) is 3.24. The van der Waals surface area contributed by atoms with Crippen LogP contribution in [0.5, 0.6) is 0 Å². The number of hydrogen-bond donors (Lipinski definition) is 1. The van der Waals surface area contributed by atoms with E-state index in [-0.39, 0.29) is 12.3 Å². The highest BCUT2D eigenvalue weighted by Crippen LogP contribution is 2.34. The second-order valence-electron chi connectivity index (χ2n) is 6.08. The molecule has 0 aliphatic heterocycles. The first-order chi connectivity index (χ1) is 11.7. The minimum absolute atomic E-state index is 0.0400. The summed E-state index contributed by atoms with van der Waals surface area (Å²) >= 11 is 0. The second kappa shape index (κ2) is 6.00. The molecule has 1 aliphatic carbocycles. The van der Waals surface area contributed by atoms with Gasteiger partial charge in [-0.2, -0.15) is 0 Å². The number of fused-ring (bicyclic) bond motifs is 1. The number of oxazole rings is 1. The summed E-state index contributed by atoms with van der Waals surface area (Å²) in [5.74, 6) is 2.00. The highest BCUT2D eigenvalue weighted by Gasteiger charge is 2.25. The lowest BCUT2D eigenvalue weighted by Gasteiger charge is -2.30. The van der Waals surface area contributed by atoms with Crippen molar-refractivity contribution in [2.45, 2.75) is 25.7 Å². The van der Waals surface area contributed by atoms with Crippen molar-refractivity contribution < 1.29 is 13.6 Å². The number of benzene rings is 1. The standard InChI is InChI=1S/C19H18N2O3/c1-12-16(21-19(24-12)17-7-4-8-23-17)10-18(22)20-11-14-9-13-5-2-3-6-15(13)14/h2-8,14H,9-11H2,1H3,(H,20,22)/t14-/m0/s1. The summed E-state index contributed by atoms with van der Waals surface area (Å²) in [7, 11) is 0. The summed E-state index contributed by atoms with van der Waals surface area (Å²) in [6.07, 6.45) is 2.81. The number of nitrogens with zero attached hydrogens (tertiary/aromatic N) is 1. The van der Waals surface area contributed by atoms with Gasteiger partial charge in [0.15, 0.2) is 5.76 Å². The Balaban J connectivity index is 1.35. The van der Waals surface area contributed by atoms with E-state index in [0.717, 1.165) is 6.42 Å². The van der Waals surface area contributed by atoms with Gasteiger partial charge in [0.25, 0.3) is 5.89 Å². The summed E-state index contributed by atoms with van der Waals surface area (Å²) < 4.78 is 10.8. The van der Waals surface area contributed by atoms with Crippen LogP contribution in [0.1, 0.15) is 28.5 Å². The van der Waals surface area contributed by atoms with Crippen molar-refractivity contribution in [1.29, 1.82) is 0 Å². The molecule has 1 aliphatic rings. The molecule has 1 aromatic carbocycles. The van der Waals surface area contributed by atoms with Crippen molar-refractivity contribution in [2.75, 3.05) is 6.54 Å². The molecule has 0 saturated carbocycles. The van der Waals surface area contributed by atoms with Crippen molar-refractivity contribution in [3.63, 3.8) is 0 Å². The topological polar surface area (TPSA) is 68.3 Å². The van der Waals surface area contributed by atoms with Gasteiger partial charge in [-0.25, -0.2) is 4.98 Å². The van der Waals surface area contributed by atoms with Crippen molar-refractivity contribution in [3.05, 3.63) is 65.2 Å².